The van der Waals surface area contributed by atoms with E-state index in [1.165, 1.54) is 0 Å². The second kappa shape index (κ2) is 6.80. The van der Waals surface area contributed by atoms with Gasteiger partial charge in [-0.1, -0.05) is 0 Å². The highest BCUT2D eigenvalue weighted by molar-refractivity contribution is 7.47. The van der Waals surface area contributed by atoms with Crippen molar-refractivity contribution in [1.82, 2.24) is 0 Å². The van der Waals surface area contributed by atoms with Crippen LogP contribution >= 0.6 is 8.38 Å². The quantitative estimate of drug-likeness (QED) is 0.730. The van der Waals surface area contributed by atoms with Gasteiger partial charge >= 0.3 is 5.97 Å². The molecule has 0 spiro atoms. The van der Waals surface area contributed by atoms with Gasteiger partial charge in [0.25, 0.3) is 0 Å². The number of carbonyl (C=O) groups is 1. The Bertz CT molecular complexity index is 254. The summed E-state index contributed by atoms with van der Waals surface area (Å²) in [4.78, 5) is 10.7. The first-order chi connectivity index (χ1) is 7.91. The number of rotatable bonds is 6. The Hall–Kier alpha value is -0.220. The smallest absolute Gasteiger partial charge is 0.320 e. The minimum Gasteiger partial charge on any atom is -0.480 e. The first-order valence-electron chi connectivity index (χ1n) is 6.05. The third kappa shape index (κ3) is 9.77. The lowest BCUT2D eigenvalue weighted by Gasteiger charge is -2.32. The molecule has 0 rings (SSSR count). The molecular formula is C12H26NO4P. The van der Waals surface area contributed by atoms with E-state index in [0.29, 0.717) is 12.6 Å². The molecule has 6 heteroatoms. The van der Waals surface area contributed by atoms with Gasteiger partial charge in [0.1, 0.15) is 6.04 Å². The molecule has 0 radical (unpaired) electrons. The molecule has 0 aromatic heterocycles. The molecule has 1 atom stereocenters. The highest BCUT2D eigenvalue weighted by Crippen LogP contribution is 2.46. The summed E-state index contributed by atoms with van der Waals surface area (Å²) in [5.74, 6) is -0.989. The van der Waals surface area contributed by atoms with Gasteiger partial charge in [-0.2, -0.15) is 0 Å². The number of carboxylic acid groups (broad SMARTS) is 1. The molecule has 0 bridgehead atoms. The van der Waals surface area contributed by atoms with E-state index in [4.69, 9.17) is 19.9 Å². The zero-order valence-electron chi connectivity index (χ0n) is 12.2. The Kier molecular flexibility index (Phi) is 6.72. The molecule has 0 fully saturated rings. The summed E-state index contributed by atoms with van der Waals surface area (Å²) in [6.07, 6.45) is 0.880. The molecule has 108 valence electrons. The average molecular weight is 279 g/mol. The van der Waals surface area contributed by atoms with Crippen molar-refractivity contribution in [2.45, 2.75) is 65.2 Å². The summed E-state index contributed by atoms with van der Waals surface area (Å²) in [6.45, 7) is 11.7. The second-order valence-electron chi connectivity index (χ2n) is 6.20. The molecule has 0 aromatic carbocycles. The molecule has 1 unspecified atom stereocenters. The van der Waals surface area contributed by atoms with Gasteiger partial charge in [0, 0.05) is 6.16 Å². The van der Waals surface area contributed by atoms with Gasteiger partial charge < -0.3 is 19.9 Å². The van der Waals surface area contributed by atoms with Gasteiger partial charge in [0.15, 0.2) is 8.38 Å². The van der Waals surface area contributed by atoms with Crippen molar-refractivity contribution in [3.63, 3.8) is 0 Å². The van der Waals surface area contributed by atoms with Crippen molar-refractivity contribution in [1.29, 1.82) is 0 Å². The van der Waals surface area contributed by atoms with Gasteiger partial charge in [0.05, 0.1) is 11.2 Å². The molecule has 18 heavy (non-hydrogen) atoms. The van der Waals surface area contributed by atoms with E-state index >= 15 is 0 Å². The van der Waals surface area contributed by atoms with E-state index in [1.54, 1.807) is 0 Å². The summed E-state index contributed by atoms with van der Waals surface area (Å²) >= 11 is 0. The van der Waals surface area contributed by atoms with Gasteiger partial charge in [0.2, 0.25) is 0 Å². The number of carboxylic acids is 1. The number of aliphatic carboxylic acids is 1. The summed E-state index contributed by atoms with van der Waals surface area (Å²) < 4.78 is 11.7. The molecular weight excluding hydrogens is 253 g/mol. The van der Waals surface area contributed by atoms with E-state index in [1.807, 2.05) is 41.5 Å². The normalized spacial score (nSPS) is 14.9. The molecule has 0 aromatic rings. The lowest BCUT2D eigenvalue weighted by atomic mass is 10.2. The van der Waals surface area contributed by atoms with E-state index in [2.05, 4.69) is 0 Å². The minimum atomic E-state index is -1.14. The van der Waals surface area contributed by atoms with E-state index in [-0.39, 0.29) is 11.2 Å². The van der Waals surface area contributed by atoms with Crippen LogP contribution in [-0.2, 0) is 13.8 Å². The Labute approximate surface area is 111 Å². The molecule has 0 aliphatic rings. The molecule has 0 heterocycles. The minimum absolute atomic E-state index is 0.315. The SMILES string of the molecule is CC(C)(C)OP(CCC(N)C(=O)O)OC(C)(C)C. The zero-order chi connectivity index (χ0) is 14.6. The summed E-state index contributed by atoms with van der Waals surface area (Å²) in [7, 11) is -1.14. The van der Waals surface area contributed by atoms with Crippen LogP contribution in [0.4, 0.5) is 0 Å². The van der Waals surface area contributed by atoms with Gasteiger partial charge in [-0.05, 0) is 48.0 Å². The average Bonchev–Trinajstić information content (AvgIpc) is 2.08. The number of hydrogen-bond acceptors (Lipinski definition) is 4. The van der Waals surface area contributed by atoms with Crippen LogP contribution in [0, 0.1) is 0 Å². The highest BCUT2D eigenvalue weighted by Gasteiger charge is 2.26. The fraction of sp³-hybridized carbons (Fsp3) is 0.917. The topological polar surface area (TPSA) is 81.8 Å². The largest absolute Gasteiger partial charge is 0.480 e. The van der Waals surface area contributed by atoms with Crippen LogP contribution in [0.2, 0.25) is 0 Å². The van der Waals surface area contributed by atoms with Crippen LogP contribution < -0.4 is 5.73 Å². The summed E-state index contributed by atoms with van der Waals surface area (Å²) in [5.41, 5.74) is 4.86. The Morgan fingerprint density at radius 2 is 1.56 bits per heavy atom. The van der Waals surface area contributed by atoms with Crippen LogP contribution in [0.1, 0.15) is 48.0 Å². The van der Waals surface area contributed by atoms with Crippen LogP contribution in [0.5, 0.6) is 0 Å². The number of hydrogen-bond donors (Lipinski definition) is 2. The maximum absolute atomic E-state index is 10.7. The standard InChI is InChI=1S/C12H26NO4P/c1-11(2,3)16-18(17-12(4,5)6)8-7-9(13)10(14)15/h9H,7-8,13H2,1-6H3,(H,14,15). The van der Waals surface area contributed by atoms with Crippen LogP contribution in [0.15, 0.2) is 0 Å². The summed E-state index contributed by atoms with van der Waals surface area (Å²) in [5, 5.41) is 8.76. The molecule has 3 N–H and O–H groups in total. The van der Waals surface area contributed by atoms with Crippen LogP contribution in [-0.4, -0.2) is 34.5 Å². The third-order valence-corrected chi connectivity index (χ3v) is 3.82. The Balaban J connectivity index is 4.44. The first-order valence-corrected chi connectivity index (χ1v) is 7.41. The second-order valence-corrected chi connectivity index (χ2v) is 7.67. The van der Waals surface area contributed by atoms with Gasteiger partial charge in [-0.3, -0.25) is 4.79 Å². The van der Waals surface area contributed by atoms with Crippen molar-refractivity contribution in [2.75, 3.05) is 6.16 Å². The van der Waals surface area contributed by atoms with Gasteiger partial charge in [-0.25, -0.2) is 0 Å². The van der Waals surface area contributed by atoms with Crippen molar-refractivity contribution in [3.8, 4) is 0 Å². The van der Waals surface area contributed by atoms with Crippen LogP contribution in [0.25, 0.3) is 0 Å². The fourth-order valence-corrected chi connectivity index (χ4v) is 3.02. The molecule has 0 saturated carbocycles. The molecule has 0 aliphatic carbocycles. The third-order valence-electron chi connectivity index (χ3n) is 1.69. The molecule has 5 nitrogen and oxygen atoms in total. The van der Waals surface area contributed by atoms with Crippen LogP contribution in [0.3, 0.4) is 0 Å². The molecule has 0 aliphatic heterocycles. The predicted octanol–water partition coefficient (Wildman–Crippen LogP) is 2.73. The Morgan fingerprint density at radius 3 is 1.83 bits per heavy atom. The highest BCUT2D eigenvalue weighted by atomic mass is 31.2. The molecule has 0 amide bonds. The number of nitrogens with two attached hydrogens (primary N) is 1. The van der Waals surface area contributed by atoms with E-state index in [9.17, 15) is 4.79 Å². The maximum atomic E-state index is 10.7. The van der Waals surface area contributed by atoms with Crippen molar-refractivity contribution in [3.05, 3.63) is 0 Å². The predicted molar refractivity (Wildman–Crippen MR) is 73.7 cm³/mol. The van der Waals surface area contributed by atoms with E-state index in [0.717, 1.165) is 0 Å². The van der Waals surface area contributed by atoms with Crippen molar-refractivity contribution in [2.24, 2.45) is 5.73 Å². The molecule has 0 saturated heterocycles. The lowest BCUT2D eigenvalue weighted by Crippen LogP contribution is -2.31. The monoisotopic (exact) mass is 279 g/mol. The lowest BCUT2D eigenvalue weighted by molar-refractivity contribution is -0.138. The van der Waals surface area contributed by atoms with Gasteiger partial charge in [-0.15, -0.1) is 0 Å². The first kappa shape index (κ1) is 17.8. The summed E-state index contributed by atoms with van der Waals surface area (Å²) in [6, 6.07) is -0.859. The zero-order valence-corrected chi connectivity index (χ0v) is 13.1. The maximum Gasteiger partial charge on any atom is 0.320 e. The van der Waals surface area contributed by atoms with E-state index < -0.39 is 20.4 Å². The Morgan fingerprint density at radius 1 is 1.17 bits per heavy atom. The van der Waals surface area contributed by atoms with Crippen molar-refractivity contribution >= 4 is 14.3 Å². The fourth-order valence-electron chi connectivity index (χ4n) is 1.09. The van der Waals surface area contributed by atoms with Crippen molar-refractivity contribution < 1.29 is 18.9 Å².